The van der Waals surface area contributed by atoms with Gasteiger partial charge in [0.2, 0.25) is 5.91 Å². The number of carbonyl (C=O) groups excluding carboxylic acids is 1. The van der Waals surface area contributed by atoms with Crippen LogP contribution in [0.3, 0.4) is 0 Å². The number of unbranched alkanes of at least 4 members (excludes halogenated alkanes) is 1. The molecule has 2 aliphatic heterocycles. The molecule has 1 atom stereocenters. The zero-order chi connectivity index (χ0) is 23.4. The van der Waals surface area contributed by atoms with Gasteiger partial charge in [0.05, 0.1) is 25.7 Å². The van der Waals surface area contributed by atoms with Gasteiger partial charge in [0.25, 0.3) is 0 Å². The number of aromatic nitrogens is 1. The number of fused-ring (bicyclic) bond motifs is 3. The summed E-state index contributed by atoms with van der Waals surface area (Å²) in [6.07, 6.45) is 3.27. The van der Waals surface area contributed by atoms with Crippen molar-refractivity contribution < 1.29 is 9.35 Å². The van der Waals surface area contributed by atoms with Crippen LogP contribution in [0.15, 0.2) is 48.5 Å². The minimum absolute atomic E-state index is 0.0876. The molecule has 0 radical (unpaired) electrons. The number of para-hydroxylation sites is 1. The van der Waals surface area contributed by atoms with Crippen molar-refractivity contribution in [2.24, 2.45) is 0 Å². The lowest BCUT2D eigenvalue weighted by Crippen LogP contribution is -2.65. The summed E-state index contributed by atoms with van der Waals surface area (Å²) in [7, 11) is 0. The van der Waals surface area contributed by atoms with Gasteiger partial charge in [0.15, 0.2) is 0 Å². The van der Waals surface area contributed by atoms with Crippen molar-refractivity contribution in [2.45, 2.75) is 49.4 Å². The van der Waals surface area contributed by atoms with Gasteiger partial charge in [-0.3, -0.25) is 4.79 Å². The van der Waals surface area contributed by atoms with Gasteiger partial charge in [0, 0.05) is 64.5 Å². The number of hydrogen-bond acceptors (Lipinski definition) is 4. The molecule has 1 saturated heterocycles. The maximum absolute atomic E-state index is 13.9. The van der Waals surface area contributed by atoms with Crippen LogP contribution in [0.25, 0.3) is 10.9 Å². The largest absolute Gasteiger partial charge is 0.598 e. The number of nitrogens with zero attached hydrogens (tertiary/aromatic N) is 4. The molecule has 1 aromatic heterocycles. The maximum atomic E-state index is 13.9. The van der Waals surface area contributed by atoms with Crippen molar-refractivity contribution in [2.75, 3.05) is 18.0 Å². The highest BCUT2D eigenvalue weighted by atomic mass is 35.5. The average molecular weight is 493 g/mol. The fourth-order valence-corrected chi connectivity index (χ4v) is 7.23. The number of aryl methyl sites for hydroxylation is 1. The second kappa shape index (κ2) is 8.31. The first-order valence-corrected chi connectivity index (χ1v) is 13.3. The van der Waals surface area contributed by atoms with Crippen LogP contribution in [0.5, 0.6) is 0 Å². The van der Waals surface area contributed by atoms with E-state index >= 15 is 0 Å². The van der Waals surface area contributed by atoms with Crippen molar-refractivity contribution in [3.8, 4) is 6.07 Å². The van der Waals surface area contributed by atoms with E-state index in [4.69, 9.17) is 16.9 Å². The third-order valence-electron chi connectivity index (χ3n) is 7.26. The molecular weight excluding hydrogens is 468 g/mol. The predicted molar refractivity (Wildman–Crippen MR) is 134 cm³/mol. The van der Waals surface area contributed by atoms with Gasteiger partial charge >= 0.3 is 0 Å². The first kappa shape index (κ1) is 22.0. The van der Waals surface area contributed by atoms with E-state index < -0.39 is 16.8 Å². The van der Waals surface area contributed by atoms with E-state index in [1.165, 1.54) is 0 Å². The van der Waals surface area contributed by atoms with Crippen LogP contribution in [-0.2, 0) is 34.7 Å². The van der Waals surface area contributed by atoms with E-state index in [1.54, 1.807) is 0 Å². The molecule has 1 aliphatic carbocycles. The predicted octanol–water partition coefficient (Wildman–Crippen LogP) is 4.52. The zero-order valence-electron chi connectivity index (χ0n) is 18.7. The van der Waals surface area contributed by atoms with Gasteiger partial charge in [0.1, 0.15) is 10.7 Å². The molecule has 0 bridgehead atoms. The van der Waals surface area contributed by atoms with Crippen LogP contribution in [0.1, 0.15) is 36.9 Å². The Bertz CT molecular complexity index is 1320. The molecule has 8 heteroatoms. The van der Waals surface area contributed by atoms with E-state index in [0.29, 0.717) is 37.6 Å². The van der Waals surface area contributed by atoms with Gasteiger partial charge < -0.3 is 14.0 Å². The van der Waals surface area contributed by atoms with Gasteiger partial charge in [-0.25, -0.2) is 0 Å². The molecular formula is C26H25ClN4O2S. The number of benzene rings is 2. The van der Waals surface area contributed by atoms with Crippen LogP contribution < -0.4 is 4.90 Å². The second-order valence-corrected chi connectivity index (χ2v) is 11.7. The molecule has 3 heterocycles. The fraction of sp³-hybridized carbons (Fsp3) is 0.385. The quantitative estimate of drug-likeness (QED) is 0.359. The monoisotopic (exact) mass is 492 g/mol. The Balaban J connectivity index is 1.33. The number of carbonyl (C=O) groups is 1. The topological polar surface area (TPSA) is 75.3 Å². The molecule has 1 unspecified atom stereocenters. The van der Waals surface area contributed by atoms with Gasteiger partial charge in [-0.15, -0.1) is 4.31 Å². The van der Waals surface area contributed by atoms with E-state index in [1.807, 2.05) is 51.7 Å². The van der Waals surface area contributed by atoms with Crippen molar-refractivity contribution >= 4 is 45.5 Å². The minimum atomic E-state index is -0.983. The van der Waals surface area contributed by atoms with Crippen LogP contribution in [0.2, 0.25) is 5.02 Å². The van der Waals surface area contributed by atoms with Crippen LogP contribution in [0, 0.1) is 11.3 Å². The normalized spacial score (nSPS) is 19.9. The third-order valence-corrected chi connectivity index (χ3v) is 9.31. The van der Waals surface area contributed by atoms with E-state index in [9.17, 15) is 9.35 Å². The summed E-state index contributed by atoms with van der Waals surface area (Å²) in [4.78, 5) is 15.8. The Hall–Kier alpha value is -2.50. The lowest BCUT2D eigenvalue weighted by atomic mass is 9.76. The molecule has 3 aliphatic rings. The number of hydrogen-bond donors (Lipinski definition) is 0. The van der Waals surface area contributed by atoms with Crippen molar-refractivity contribution in [1.29, 1.82) is 5.26 Å². The first-order valence-electron chi connectivity index (χ1n) is 11.7. The Labute approximate surface area is 207 Å². The molecule has 6 rings (SSSR count). The molecule has 2 fully saturated rings. The first-order chi connectivity index (χ1) is 16.5. The highest BCUT2D eigenvalue weighted by Crippen LogP contribution is 2.50. The minimum Gasteiger partial charge on any atom is -0.598 e. The van der Waals surface area contributed by atoms with E-state index in [2.05, 4.69) is 16.7 Å². The molecule has 0 N–H and O–H groups in total. The molecule has 34 heavy (non-hydrogen) atoms. The fourth-order valence-electron chi connectivity index (χ4n) is 5.39. The van der Waals surface area contributed by atoms with Crippen LogP contribution in [0.4, 0.5) is 5.69 Å². The standard InChI is InChI=1S/C26H25ClN4O2S/c27-19-7-10-23-18(13-19)14-20(30(23)12-4-3-11-28)15-31-24-6-2-1-5-22(24)26(25(31)32)16-29(17-26)34(33)21-8-9-21/h1-2,5-7,10,13-14,21H,3-4,8-9,12,15-17H2. The molecule has 1 amide bonds. The number of rotatable bonds is 7. The zero-order valence-corrected chi connectivity index (χ0v) is 20.3. The highest BCUT2D eigenvalue weighted by molar-refractivity contribution is 7.90. The van der Waals surface area contributed by atoms with Crippen molar-refractivity contribution in [1.82, 2.24) is 8.87 Å². The maximum Gasteiger partial charge on any atom is 0.241 e. The van der Waals surface area contributed by atoms with Crippen molar-refractivity contribution in [3.05, 3.63) is 64.8 Å². The van der Waals surface area contributed by atoms with E-state index in [-0.39, 0.29) is 11.2 Å². The number of nitriles is 1. The summed E-state index contributed by atoms with van der Waals surface area (Å²) in [5.41, 5.74) is 3.45. The average Bonchev–Trinajstić information content (AvgIpc) is 3.56. The number of halogens is 1. The smallest absolute Gasteiger partial charge is 0.241 e. The molecule has 174 valence electrons. The molecule has 1 spiro atoms. The lowest BCUT2D eigenvalue weighted by Gasteiger charge is -2.45. The summed E-state index contributed by atoms with van der Waals surface area (Å²) in [5.74, 6) is 0.0876. The van der Waals surface area contributed by atoms with E-state index in [0.717, 1.165) is 47.1 Å². The number of amides is 1. The van der Waals surface area contributed by atoms with Crippen LogP contribution in [-0.4, -0.2) is 37.7 Å². The van der Waals surface area contributed by atoms with Crippen LogP contribution >= 0.6 is 11.6 Å². The summed E-state index contributed by atoms with van der Waals surface area (Å²) in [6.45, 7) is 2.19. The molecule has 6 nitrogen and oxygen atoms in total. The summed E-state index contributed by atoms with van der Waals surface area (Å²) < 4.78 is 16.9. The summed E-state index contributed by atoms with van der Waals surface area (Å²) >= 11 is 5.27. The highest BCUT2D eigenvalue weighted by Gasteiger charge is 2.62. The Morgan fingerprint density at radius 1 is 1.18 bits per heavy atom. The molecule has 3 aromatic rings. The molecule has 2 aromatic carbocycles. The molecule has 1 saturated carbocycles. The number of anilines is 1. The summed E-state index contributed by atoms with van der Waals surface area (Å²) in [6, 6.07) is 18.2. The third kappa shape index (κ3) is 3.44. The second-order valence-electron chi connectivity index (χ2n) is 9.52. The Morgan fingerprint density at radius 2 is 1.97 bits per heavy atom. The Kier molecular flexibility index (Phi) is 5.38. The Morgan fingerprint density at radius 3 is 2.74 bits per heavy atom. The van der Waals surface area contributed by atoms with Crippen molar-refractivity contribution in [3.63, 3.8) is 0 Å². The SMILES string of the molecule is N#CCCCn1c(CN2C(=O)C3(CN([S+]([O-])C4CC4)C3)c3ccccc32)cc2cc(Cl)ccc21. The van der Waals surface area contributed by atoms with Gasteiger partial charge in [-0.05, 0) is 42.3 Å². The van der Waals surface area contributed by atoms with Gasteiger partial charge in [-0.2, -0.15) is 5.26 Å². The van der Waals surface area contributed by atoms with Gasteiger partial charge in [-0.1, -0.05) is 29.8 Å². The lowest BCUT2D eigenvalue weighted by molar-refractivity contribution is -0.127. The summed E-state index contributed by atoms with van der Waals surface area (Å²) in [5, 5.41) is 11.0.